The molecule has 2 aromatic rings. The average Bonchev–Trinajstić information content (AvgIpc) is 3.43. The van der Waals surface area contributed by atoms with E-state index < -0.39 is 95.7 Å². The van der Waals surface area contributed by atoms with Gasteiger partial charge in [0.15, 0.2) is 29.9 Å². The molecule has 0 aromatic carbocycles. The van der Waals surface area contributed by atoms with E-state index in [4.69, 9.17) is 29.4 Å². The highest BCUT2D eigenvalue weighted by Gasteiger charge is 2.50. The lowest BCUT2D eigenvalue weighted by atomic mass is 9.96. The third-order valence-corrected chi connectivity index (χ3v) is 10.2. The van der Waals surface area contributed by atoms with Gasteiger partial charge in [0.2, 0.25) is 0 Å². The van der Waals surface area contributed by atoms with Crippen molar-refractivity contribution in [2.45, 2.75) is 61.3 Å². The van der Waals surface area contributed by atoms with Gasteiger partial charge in [-0.2, -0.15) is 0 Å². The lowest BCUT2D eigenvalue weighted by Gasteiger charge is -2.41. The molecule has 0 amide bonds. The number of fused-ring (bicyclic) bond motifs is 1. The van der Waals surface area contributed by atoms with Crippen molar-refractivity contribution >= 4 is 32.2 Å². The Balaban J connectivity index is 1.38. The van der Waals surface area contributed by atoms with Gasteiger partial charge in [-0.3, -0.25) is 18.2 Å². The molecular formula is C18H29N5O15P2. The van der Waals surface area contributed by atoms with Crippen LogP contribution in [0.15, 0.2) is 12.7 Å². The summed E-state index contributed by atoms with van der Waals surface area (Å²) in [6, 6.07) is 0. The summed E-state index contributed by atoms with van der Waals surface area (Å²) in [4.78, 5) is 32.1. The number of anilines is 1. The van der Waals surface area contributed by atoms with Gasteiger partial charge < -0.3 is 65.3 Å². The molecule has 2 aliphatic heterocycles. The van der Waals surface area contributed by atoms with Crippen molar-refractivity contribution in [1.82, 2.24) is 19.5 Å². The van der Waals surface area contributed by atoms with Crippen LogP contribution in [0.3, 0.4) is 0 Å². The number of aliphatic hydroxyl groups is 7. The van der Waals surface area contributed by atoms with Crippen molar-refractivity contribution in [1.29, 1.82) is 0 Å². The third kappa shape index (κ3) is 6.36. The second-order valence-electron chi connectivity index (χ2n) is 9.14. The summed E-state index contributed by atoms with van der Waals surface area (Å²) < 4.78 is 46.5. The number of aliphatic hydroxyl groups excluding tert-OH is 7. The molecule has 0 spiro atoms. The van der Waals surface area contributed by atoms with E-state index in [1.807, 2.05) is 0 Å². The zero-order valence-electron chi connectivity index (χ0n) is 20.3. The Labute approximate surface area is 224 Å². The highest BCUT2D eigenvalue weighted by Crippen LogP contribution is 2.59. The van der Waals surface area contributed by atoms with E-state index in [9.17, 15) is 49.6 Å². The summed E-state index contributed by atoms with van der Waals surface area (Å²) in [6.45, 7) is -1.79. The molecule has 0 saturated carbocycles. The maximum Gasteiger partial charge on any atom is 0.342 e. The van der Waals surface area contributed by atoms with Gasteiger partial charge in [-0.05, 0) is 0 Å². The second-order valence-corrected chi connectivity index (χ2v) is 13.3. The first kappa shape index (κ1) is 31.2. The molecule has 0 radical (unpaired) electrons. The number of rotatable bonds is 10. The lowest BCUT2D eigenvalue weighted by molar-refractivity contribution is -0.291. The van der Waals surface area contributed by atoms with Gasteiger partial charge in [0.1, 0.15) is 60.7 Å². The summed E-state index contributed by atoms with van der Waals surface area (Å²) >= 11 is 0. The number of ether oxygens (including phenoxy) is 2. The van der Waals surface area contributed by atoms with Gasteiger partial charge in [-0.1, -0.05) is 0 Å². The van der Waals surface area contributed by atoms with Crippen LogP contribution in [0, 0.1) is 0 Å². The molecule has 4 heterocycles. The minimum atomic E-state index is -5.15. The molecule has 2 fully saturated rings. The molecule has 12 atom stereocenters. The molecule has 0 bridgehead atoms. The van der Waals surface area contributed by atoms with Gasteiger partial charge in [-0.15, -0.1) is 0 Å². The van der Waals surface area contributed by atoms with Crippen LogP contribution in [0.5, 0.6) is 0 Å². The number of nitrogens with zero attached hydrogens (tertiary/aromatic N) is 4. The number of hydrogen-bond acceptors (Lipinski definition) is 17. The quantitative estimate of drug-likeness (QED) is 0.112. The van der Waals surface area contributed by atoms with E-state index in [1.165, 1.54) is 10.9 Å². The summed E-state index contributed by atoms with van der Waals surface area (Å²) in [5, 5.41) is 69.5. The van der Waals surface area contributed by atoms with E-state index in [0.29, 0.717) is 0 Å². The standard InChI is InChI=1S/C18H29N5O15P2/c19-15-8-16(21-3-20-15)23(4-22-8)17-12(29)9(26)7(36-17)2-35-39(31,32)5-40(33,34)38-18-13(30)10(27)11(28)14(37-18)6(25)1-24/h3-4,6-7,9-14,17-18,24-30H,1-2,5H2,(H,31,32)(H,33,34)(H2,19,20,21)/t6-,7-,9?,10?,11+,12?,13?,14?,17-,18+/m1/s1. The number of nitrogen functional groups attached to an aromatic ring is 1. The van der Waals surface area contributed by atoms with Crippen LogP contribution in [-0.2, 0) is 27.7 Å². The molecule has 11 N–H and O–H groups in total. The first-order chi connectivity index (χ1) is 18.7. The molecule has 22 heteroatoms. The molecule has 2 aliphatic rings. The zero-order valence-corrected chi connectivity index (χ0v) is 22.1. The Morgan fingerprint density at radius 1 is 0.975 bits per heavy atom. The van der Waals surface area contributed by atoms with Crippen molar-refractivity contribution in [2.75, 3.05) is 24.9 Å². The molecule has 7 unspecified atom stereocenters. The van der Waals surface area contributed by atoms with Gasteiger partial charge in [0, 0.05) is 0 Å². The first-order valence-electron chi connectivity index (χ1n) is 11.6. The molecule has 0 aliphatic carbocycles. The van der Waals surface area contributed by atoms with Gasteiger partial charge >= 0.3 is 15.2 Å². The van der Waals surface area contributed by atoms with Crippen LogP contribution >= 0.6 is 15.2 Å². The average molecular weight is 617 g/mol. The van der Waals surface area contributed by atoms with E-state index in [2.05, 4.69) is 15.0 Å². The minimum Gasteiger partial charge on any atom is -0.394 e. The van der Waals surface area contributed by atoms with Crippen LogP contribution in [0.2, 0.25) is 0 Å². The Morgan fingerprint density at radius 3 is 2.35 bits per heavy atom. The van der Waals surface area contributed by atoms with Crippen LogP contribution in [0.4, 0.5) is 5.82 Å². The number of imidazole rings is 1. The largest absolute Gasteiger partial charge is 0.394 e. The minimum absolute atomic E-state index is 0.0467. The van der Waals surface area contributed by atoms with Crippen molar-refractivity contribution in [3.8, 4) is 0 Å². The van der Waals surface area contributed by atoms with Gasteiger partial charge in [0.25, 0.3) is 0 Å². The summed E-state index contributed by atoms with van der Waals surface area (Å²) in [5.41, 5.74) is 6.08. The topological polar surface area (TPSA) is 323 Å². The highest BCUT2D eigenvalue weighted by atomic mass is 31.2. The molecule has 226 valence electrons. The first-order valence-corrected chi connectivity index (χ1v) is 15.1. The summed E-state index contributed by atoms with van der Waals surface area (Å²) in [5.74, 6) is -1.51. The van der Waals surface area contributed by atoms with Crippen molar-refractivity contribution < 1.29 is 73.2 Å². The van der Waals surface area contributed by atoms with E-state index in [1.54, 1.807) is 0 Å². The number of hydrogen-bond donors (Lipinski definition) is 10. The fourth-order valence-electron chi connectivity index (χ4n) is 4.19. The number of nitrogens with two attached hydrogens (primary N) is 1. The van der Waals surface area contributed by atoms with Crippen LogP contribution in [0.1, 0.15) is 6.23 Å². The van der Waals surface area contributed by atoms with E-state index >= 15 is 0 Å². The van der Waals surface area contributed by atoms with E-state index in [0.717, 1.165) is 6.33 Å². The molecular weight excluding hydrogens is 588 g/mol. The Hall–Kier alpha value is -1.71. The smallest absolute Gasteiger partial charge is 0.342 e. The fourth-order valence-corrected chi connectivity index (χ4v) is 7.47. The SMILES string of the molecule is Nc1ncnc2c1ncn2[C@@H]1O[C@H](COP(=O)(O)CP(=O)(O)O[C@@H]2OC([C@H](O)CO)[C@@H](O)C(O)C2O)C(O)C1O. The predicted molar refractivity (Wildman–Crippen MR) is 127 cm³/mol. The lowest BCUT2D eigenvalue weighted by Crippen LogP contribution is -2.61. The summed E-state index contributed by atoms with van der Waals surface area (Å²) in [6.07, 6.45) is -15.3. The molecule has 40 heavy (non-hydrogen) atoms. The maximum atomic E-state index is 12.6. The van der Waals surface area contributed by atoms with Gasteiger partial charge in [0.05, 0.1) is 19.5 Å². The predicted octanol–water partition coefficient (Wildman–Crippen LogP) is -4.45. The van der Waals surface area contributed by atoms with E-state index in [-0.39, 0.29) is 17.0 Å². The molecule has 4 rings (SSSR count). The second kappa shape index (κ2) is 11.9. The normalized spacial score (nSPS) is 36.8. The Morgan fingerprint density at radius 2 is 1.68 bits per heavy atom. The molecule has 2 saturated heterocycles. The zero-order chi connectivity index (χ0) is 29.6. The van der Waals surface area contributed by atoms with Crippen LogP contribution < -0.4 is 5.73 Å². The third-order valence-electron chi connectivity index (χ3n) is 6.24. The van der Waals surface area contributed by atoms with Crippen LogP contribution in [-0.4, -0.2) is 139 Å². The maximum absolute atomic E-state index is 12.6. The molecule has 20 nitrogen and oxygen atoms in total. The monoisotopic (exact) mass is 617 g/mol. The molecule has 2 aromatic heterocycles. The fraction of sp³-hybridized carbons (Fsp3) is 0.722. The Kier molecular flexibility index (Phi) is 9.28. The van der Waals surface area contributed by atoms with Crippen LogP contribution in [0.25, 0.3) is 11.2 Å². The highest BCUT2D eigenvalue weighted by molar-refractivity contribution is 7.70. The van der Waals surface area contributed by atoms with Crippen molar-refractivity contribution in [3.05, 3.63) is 12.7 Å². The number of aromatic nitrogens is 4. The van der Waals surface area contributed by atoms with Crippen molar-refractivity contribution in [2.24, 2.45) is 0 Å². The summed E-state index contributed by atoms with van der Waals surface area (Å²) in [7, 11) is -10.2. The van der Waals surface area contributed by atoms with Gasteiger partial charge in [-0.25, -0.2) is 15.0 Å². The Bertz CT molecular complexity index is 1290. The van der Waals surface area contributed by atoms with Crippen molar-refractivity contribution in [3.63, 3.8) is 0 Å².